The number of rotatable bonds is 6. The minimum absolute atomic E-state index is 0.0874. The molecule has 1 aromatic carbocycles. The third-order valence-electron chi connectivity index (χ3n) is 4.03. The molecule has 11 heteroatoms. The van der Waals surface area contributed by atoms with E-state index in [2.05, 4.69) is 20.0 Å². The molecule has 0 bridgehead atoms. The van der Waals surface area contributed by atoms with Gasteiger partial charge in [-0.05, 0) is 17.7 Å². The summed E-state index contributed by atoms with van der Waals surface area (Å²) in [6, 6.07) is 4.61. The van der Waals surface area contributed by atoms with Gasteiger partial charge in [0.2, 0.25) is 5.95 Å². The molecule has 2 aromatic heterocycles. The summed E-state index contributed by atoms with van der Waals surface area (Å²) in [5, 5.41) is 3.01. The fraction of sp³-hybridized carbons (Fsp3) is 0.312. The van der Waals surface area contributed by atoms with E-state index >= 15 is 0 Å². The van der Waals surface area contributed by atoms with E-state index in [9.17, 15) is 18.4 Å². The largest absolute Gasteiger partial charge is 0.493 e. The van der Waals surface area contributed by atoms with Crippen molar-refractivity contribution < 1.29 is 18.3 Å². The molecule has 0 atom stereocenters. The molecule has 3 aromatic rings. The second-order valence-electron chi connectivity index (χ2n) is 5.70. The first-order valence-corrected chi connectivity index (χ1v) is 7.83. The molecule has 0 fully saturated rings. The van der Waals surface area contributed by atoms with Gasteiger partial charge in [0.05, 0.1) is 7.11 Å². The van der Waals surface area contributed by atoms with Crippen molar-refractivity contribution in [2.24, 2.45) is 14.1 Å². The Morgan fingerprint density at radius 3 is 2.63 bits per heavy atom. The molecule has 0 aliphatic heterocycles. The van der Waals surface area contributed by atoms with E-state index in [0.717, 1.165) is 0 Å². The first-order valence-electron chi connectivity index (χ1n) is 7.83. The molecule has 0 spiro atoms. The molecule has 2 heterocycles. The summed E-state index contributed by atoms with van der Waals surface area (Å²) in [6.07, 6.45) is 0. The number of fused-ring (bicyclic) bond motifs is 1. The normalized spacial score (nSPS) is 11.2. The lowest BCUT2D eigenvalue weighted by Crippen LogP contribution is -2.29. The van der Waals surface area contributed by atoms with Crippen LogP contribution in [0.4, 0.5) is 14.7 Å². The lowest BCUT2D eigenvalue weighted by Gasteiger charge is -2.12. The summed E-state index contributed by atoms with van der Waals surface area (Å²) in [7, 11) is 4.47. The van der Waals surface area contributed by atoms with Crippen LogP contribution in [0.25, 0.3) is 11.2 Å². The van der Waals surface area contributed by atoms with Crippen LogP contribution in [0.3, 0.4) is 0 Å². The number of aromatic nitrogens is 4. The van der Waals surface area contributed by atoms with Crippen molar-refractivity contribution in [3.05, 3.63) is 44.6 Å². The fourth-order valence-electron chi connectivity index (χ4n) is 2.67. The molecule has 0 radical (unpaired) electrons. The molecular weight excluding hydrogens is 364 g/mol. The predicted octanol–water partition coefficient (Wildman–Crippen LogP) is 1.18. The number of nitrogens with zero attached hydrogens (tertiary/aromatic N) is 3. The van der Waals surface area contributed by atoms with Crippen molar-refractivity contribution in [3.8, 4) is 11.5 Å². The van der Waals surface area contributed by atoms with Crippen LogP contribution < -0.4 is 26.0 Å². The van der Waals surface area contributed by atoms with Crippen molar-refractivity contribution in [1.29, 1.82) is 0 Å². The Bertz CT molecular complexity index is 1100. The number of aryl methyl sites for hydroxylation is 2. The Balaban J connectivity index is 1.90. The second kappa shape index (κ2) is 7.09. The van der Waals surface area contributed by atoms with Crippen LogP contribution in [-0.2, 0) is 20.6 Å². The molecule has 0 aliphatic carbocycles. The van der Waals surface area contributed by atoms with Crippen molar-refractivity contribution in [3.63, 3.8) is 0 Å². The van der Waals surface area contributed by atoms with Crippen LogP contribution >= 0.6 is 0 Å². The van der Waals surface area contributed by atoms with Crippen molar-refractivity contribution in [2.45, 2.75) is 13.2 Å². The highest BCUT2D eigenvalue weighted by atomic mass is 19.3. The molecular formula is C16H17F2N5O4. The Labute approximate surface area is 151 Å². The van der Waals surface area contributed by atoms with E-state index in [1.165, 1.54) is 35.4 Å². The highest BCUT2D eigenvalue weighted by Crippen LogP contribution is 2.29. The molecule has 0 unspecified atom stereocenters. The monoisotopic (exact) mass is 381 g/mol. The minimum Gasteiger partial charge on any atom is -0.493 e. The molecule has 27 heavy (non-hydrogen) atoms. The summed E-state index contributed by atoms with van der Waals surface area (Å²) in [6.45, 7) is -2.76. The van der Waals surface area contributed by atoms with E-state index < -0.39 is 17.9 Å². The number of halogens is 2. The molecule has 0 saturated heterocycles. The lowest BCUT2D eigenvalue weighted by molar-refractivity contribution is -0.0512. The Morgan fingerprint density at radius 2 is 1.96 bits per heavy atom. The summed E-state index contributed by atoms with van der Waals surface area (Å²) in [5.74, 6) is 0.433. The topological polar surface area (TPSA) is 103 Å². The van der Waals surface area contributed by atoms with Crippen LogP contribution in [0.2, 0.25) is 0 Å². The summed E-state index contributed by atoms with van der Waals surface area (Å²) in [5.41, 5.74) is -0.0307. The molecule has 3 rings (SSSR count). The van der Waals surface area contributed by atoms with Crippen molar-refractivity contribution in [1.82, 2.24) is 19.1 Å². The Morgan fingerprint density at radius 1 is 1.22 bits per heavy atom. The van der Waals surface area contributed by atoms with Gasteiger partial charge >= 0.3 is 12.3 Å². The SMILES string of the molecule is COc1ccc(CNc2nc3c(c(=O)[nH]c(=O)n3C)n2C)cc1OC(F)F. The first-order chi connectivity index (χ1) is 12.8. The molecule has 0 saturated carbocycles. The van der Waals surface area contributed by atoms with Gasteiger partial charge in [-0.15, -0.1) is 0 Å². The smallest absolute Gasteiger partial charge is 0.387 e. The number of imidazole rings is 1. The van der Waals surface area contributed by atoms with Crippen LogP contribution in [0.5, 0.6) is 11.5 Å². The third kappa shape index (κ3) is 3.48. The summed E-state index contributed by atoms with van der Waals surface area (Å²) in [4.78, 5) is 30.2. The highest BCUT2D eigenvalue weighted by Gasteiger charge is 2.15. The number of H-pyrrole nitrogens is 1. The van der Waals surface area contributed by atoms with Gasteiger partial charge < -0.3 is 19.4 Å². The van der Waals surface area contributed by atoms with Gasteiger partial charge in [0.25, 0.3) is 5.56 Å². The zero-order chi connectivity index (χ0) is 19.7. The number of benzene rings is 1. The van der Waals surface area contributed by atoms with E-state index in [1.54, 1.807) is 13.1 Å². The van der Waals surface area contributed by atoms with Crippen LogP contribution in [0.1, 0.15) is 5.56 Å². The first kappa shape index (κ1) is 18.4. The van der Waals surface area contributed by atoms with Crippen molar-refractivity contribution >= 4 is 17.1 Å². The van der Waals surface area contributed by atoms with Gasteiger partial charge in [-0.3, -0.25) is 14.3 Å². The maximum absolute atomic E-state index is 12.5. The van der Waals surface area contributed by atoms with Crippen LogP contribution in [0, 0.1) is 0 Å². The number of alkyl halides is 2. The minimum atomic E-state index is -2.98. The summed E-state index contributed by atoms with van der Waals surface area (Å²) >= 11 is 0. The maximum Gasteiger partial charge on any atom is 0.387 e. The number of ether oxygens (including phenoxy) is 2. The van der Waals surface area contributed by atoms with E-state index in [0.29, 0.717) is 11.5 Å². The standard InChI is InChI=1S/C16H17F2N5O4/c1-22-11-12(23(2)16(25)21-13(11)24)20-15(22)19-7-8-4-5-9(26-3)10(6-8)27-14(17)18/h4-6,14H,7H2,1-3H3,(H,19,20)(H,21,24,25). The lowest BCUT2D eigenvalue weighted by atomic mass is 10.2. The predicted molar refractivity (Wildman–Crippen MR) is 93.5 cm³/mol. The third-order valence-corrected chi connectivity index (χ3v) is 4.03. The molecule has 144 valence electrons. The highest BCUT2D eigenvalue weighted by molar-refractivity contribution is 5.73. The van der Waals surface area contributed by atoms with E-state index in [1.807, 2.05) is 0 Å². The second-order valence-corrected chi connectivity index (χ2v) is 5.70. The van der Waals surface area contributed by atoms with Crippen molar-refractivity contribution in [2.75, 3.05) is 12.4 Å². The number of anilines is 1. The Hall–Kier alpha value is -3.37. The number of hydrogen-bond acceptors (Lipinski definition) is 6. The van der Waals surface area contributed by atoms with E-state index in [-0.39, 0.29) is 29.2 Å². The van der Waals surface area contributed by atoms with Crippen LogP contribution in [-0.4, -0.2) is 32.8 Å². The zero-order valence-electron chi connectivity index (χ0n) is 14.7. The molecule has 2 N–H and O–H groups in total. The summed E-state index contributed by atoms with van der Waals surface area (Å²) < 4.78 is 37.2. The van der Waals surface area contributed by atoms with Gasteiger partial charge in [0, 0.05) is 20.6 Å². The number of aromatic amines is 1. The van der Waals surface area contributed by atoms with Crippen LogP contribution in [0.15, 0.2) is 27.8 Å². The zero-order valence-corrected chi connectivity index (χ0v) is 14.7. The Kier molecular flexibility index (Phi) is 4.84. The number of nitrogens with one attached hydrogen (secondary N) is 2. The molecule has 0 amide bonds. The molecule has 0 aliphatic rings. The van der Waals surface area contributed by atoms with Gasteiger partial charge in [-0.25, -0.2) is 4.79 Å². The van der Waals surface area contributed by atoms with E-state index in [4.69, 9.17) is 4.74 Å². The van der Waals surface area contributed by atoms with Gasteiger partial charge in [0.1, 0.15) is 0 Å². The number of hydrogen-bond donors (Lipinski definition) is 2. The fourth-order valence-corrected chi connectivity index (χ4v) is 2.67. The quantitative estimate of drug-likeness (QED) is 0.665. The maximum atomic E-state index is 12.5. The molecule has 9 nitrogen and oxygen atoms in total. The number of methoxy groups -OCH3 is 1. The average molecular weight is 381 g/mol. The van der Waals surface area contributed by atoms with Gasteiger partial charge in [-0.2, -0.15) is 13.8 Å². The average Bonchev–Trinajstić information content (AvgIpc) is 2.95. The van der Waals surface area contributed by atoms with Gasteiger partial charge in [0.15, 0.2) is 22.7 Å². The van der Waals surface area contributed by atoms with Gasteiger partial charge in [-0.1, -0.05) is 6.07 Å².